The first-order chi connectivity index (χ1) is 8.19. The van der Waals surface area contributed by atoms with Gasteiger partial charge < -0.3 is 5.32 Å². The summed E-state index contributed by atoms with van der Waals surface area (Å²) in [5, 5.41) is 12.4. The van der Waals surface area contributed by atoms with Gasteiger partial charge in [0.2, 0.25) is 0 Å². The highest BCUT2D eigenvalue weighted by atomic mass is 127. The number of halogens is 2. The van der Waals surface area contributed by atoms with Crippen molar-refractivity contribution in [2.45, 2.75) is 0 Å². The molecule has 17 heavy (non-hydrogen) atoms. The Morgan fingerprint density at radius 2 is 2.12 bits per heavy atom. The molecule has 2 rings (SSSR count). The van der Waals surface area contributed by atoms with E-state index >= 15 is 0 Å². The molecule has 0 saturated heterocycles. The molecule has 1 N–H and O–H groups in total. The minimum Gasteiger partial charge on any atom is -0.338 e. The van der Waals surface area contributed by atoms with Gasteiger partial charge >= 0.3 is 0 Å². The largest absolute Gasteiger partial charge is 0.338 e. The van der Waals surface area contributed by atoms with Gasteiger partial charge in [0.05, 0.1) is 18.1 Å². The number of nitrogens with one attached hydrogen (secondary N) is 1. The monoisotopic (exact) mass is 356 g/mol. The van der Waals surface area contributed by atoms with Gasteiger partial charge in [0.1, 0.15) is 11.9 Å². The van der Waals surface area contributed by atoms with E-state index in [0.29, 0.717) is 16.5 Å². The maximum atomic E-state index is 8.60. The van der Waals surface area contributed by atoms with E-state index in [1.54, 1.807) is 6.07 Å². The van der Waals surface area contributed by atoms with E-state index in [2.05, 4.69) is 37.9 Å². The van der Waals surface area contributed by atoms with Crippen LogP contribution in [0.25, 0.3) is 0 Å². The van der Waals surface area contributed by atoms with Crippen molar-refractivity contribution in [3.63, 3.8) is 0 Å². The van der Waals surface area contributed by atoms with Crippen molar-refractivity contribution in [2.75, 3.05) is 5.32 Å². The third-order valence-electron chi connectivity index (χ3n) is 1.96. The number of hydrogen-bond donors (Lipinski definition) is 1. The Hall–Kier alpha value is -1.39. The molecule has 1 heterocycles. The number of hydrogen-bond acceptors (Lipinski definition) is 4. The van der Waals surface area contributed by atoms with E-state index in [9.17, 15) is 0 Å². The van der Waals surface area contributed by atoms with Gasteiger partial charge in [-0.3, -0.25) is 0 Å². The number of nitrogens with zero attached hydrogens (tertiary/aromatic N) is 3. The van der Waals surface area contributed by atoms with Gasteiger partial charge in [-0.25, -0.2) is 9.97 Å². The summed E-state index contributed by atoms with van der Waals surface area (Å²) < 4.78 is 0.987. The quantitative estimate of drug-likeness (QED) is 0.838. The Balaban J connectivity index is 2.23. The standard InChI is InChI=1S/C11H6ClIN4/c12-7-1-2-10(9(13)3-7)17-11-6-15-8(4-14)5-16-11/h1-3,5-6H,(H,16,17). The topological polar surface area (TPSA) is 61.6 Å². The fraction of sp³-hybridized carbons (Fsp3) is 0. The summed E-state index contributed by atoms with van der Waals surface area (Å²) in [5.41, 5.74) is 1.19. The van der Waals surface area contributed by atoms with Crippen molar-refractivity contribution >= 4 is 45.7 Å². The Bertz CT molecular complexity index is 577. The fourth-order valence-corrected chi connectivity index (χ4v) is 2.19. The van der Waals surface area contributed by atoms with Crippen LogP contribution in [-0.2, 0) is 0 Å². The predicted molar refractivity (Wildman–Crippen MR) is 74.2 cm³/mol. The first-order valence-corrected chi connectivity index (χ1v) is 6.09. The van der Waals surface area contributed by atoms with Crippen molar-refractivity contribution in [1.29, 1.82) is 5.26 Å². The molecular weight excluding hydrogens is 351 g/mol. The van der Waals surface area contributed by atoms with Crippen LogP contribution in [0.5, 0.6) is 0 Å². The molecule has 2 aromatic rings. The molecule has 0 saturated carbocycles. The lowest BCUT2D eigenvalue weighted by molar-refractivity contribution is 1.16. The molecule has 0 amide bonds. The normalized spacial score (nSPS) is 9.71. The third-order valence-corrected chi connectivity index (χ3v) is 3.09. The summed E-state index contributed by atoms with van der Waals surface area (Å²) in [6, 6.07) is 7.43. The molecule has 1 aromatic carbocycles. The molecule has 0 aliphatic heterocycles. The van der Waals surface area contributed by atoms with Crippen molar-refractivity contribution < 1.29 is 0 Å². The summed E-state index contributed by atoms with van der Waals surface area (Å²) in [5.74, 6) is 0.587. The second-order valence-corrected chi connectivity index (χ2v) is 4.75. The van der Waals surface area contributed by atoms with E-state index in [-0.39, 0.29) is 0 Å². The first-order valence-electron chi connectivity index (χ1n) is 4.63. The van der Waals surface area contributed by atoms with Crippen molar-refractivity contribution in [3.05, 3.63) is 44.9 Å². The van der Waals surface area contributed by atoms with Crippen LogP contribution >= 0.6 is 34.2 Å². The van der Waals surface area contributed by atoms with E-state index in [1.165, 1.54) is 12.4 Å². The van der Waals surface area contributed by atoms with Crippen LogP contribution in [0.4, 0.5) is 11.5 Å². The lowest BCUT2D eigenvalue weighted by atomic mass is 10.3. The summed E-state index contributed by atoms with van der Waals surface area (Å²) in [4.78, 5) is 8.00. The highest BCUT2D eigenvalue weighted by Crippen LogP contribution is 2.24. The molecule has 84 valence electrons. The Morgan fingerprint density at radius 1 is 1.29 bits per heavy atom. The molecule has 1 aromatic heterocycles. The van der Waals surface area contributed by atoms with Gasteiger partial charge in [0.25, 0.3) is 0 Å². The average Bonchev–Trinajstić information content (AvgIpc) is 2.34. The maximum absolute atomic E-state index is 8.60. The zero-order valence-corrected chi connectivity index (χ0v) is 11.4. The molecule has 0 atom stereocenters. The summed E-state index contributed by atoms with van der Waals surface area (Å²) in [6.45, 7) is 0. The molecule has 0 unspecified atom stereocenters. The second-order valence-electron chi connectivity index (χ2n) is 3.15. The molecule has 0 aliphatic rings. The molecule has 0 spiro atoms. The Labute approximate surface area is 117 Å². The number of anilines is 2. The van der Waals surface area contributed by atoms with E-state index in [4.69, 9.17) is 16.9 Å². The van der Waals surface area contributed by atoms with Crippen LogP contribution in [-0.4, -0.2) is 9.97 Å². The molecule has 4 nitrogen and oxygen atoms in total. The van der Waals surface area contributed by atoms with Crippen LogP contribution in [0.3, 0.4) is 0 Å². The van der Waals surface area contributed by atoms with E-state index in [0.717, 1.165) is 9.26 Å². The predicted octanol–water partition coefficient (Wildman–Crippen LogP) is 3.35. The van der Waals surface area contributed by atoms with Crippen LogP contribution in [0.15, 0.2) is 30.6 Å². The molecule has 0 fully saturated rings. The minimum atomic E-state index is 0.293. The van der Waals surface area contributed by atoms with Crippen LogP contribution in [0.2, 0.25) is 5.02 Å². The fourth-order valence-electron chi connectivity index (χ4n) is 1.18. The zero-order chi connectivity index (χ0) is 12.3. The summed E-state index contributed by atoms with van der Waals surface area (Å²) >= 11 is 8.04. The van der Waals surface area contributed by atoms with Crippen LogP contribution in [0, 0.1) is 14.9 Å². The second kappa shape index (κ2) is 5.29. The van der Waals surface area contributed by atoms with Crippen LogP contribution in [0.1, 0.15) is 5.69 Å². The van der Waals surface area contributed by atoms with Gasteiger partial charge in [-0.05, 0) is 40.8 Å². The molecule has 0 bridgehead atoms. The number of nitriles is 1. The third kappa shape index (κ3) is 3.05. The molecular formula is C11H6ClIN4. The smallest absolute Gasteiger partial charge is 0.158 e. The van der Waals surface area contributed by atoms with Crippen molar-refractivity contribution in [2.24, 2.45) is 0 Å². The van der Waals surface area contributed by atoms with Crippen molar-refractivity contribution in [1.82, 2.24) is 9.97 Å². The van der Waals surface area contributed by atoms with Crippen molar-refractivity contribution in [3.8, 4) is 6.07 Å². The van der Waals surface area contributed by atoms with Gasteiger partial charge in [0, 0.05) is 8.59 Å². The zero-order valence-electron chi connectivity index (χ0n) is 8.48. The Morgan fingerprint density at radius 3 is 2.71 bits per heavy atom. The van der Waals surface area contributed by atoms with Crippen LogP contribution < -0.4 is 5.32 Å². The lowest BCUT2D eigenvalue weighted by Crippen LogP contribution is -1.97. The van der Waals surface area contributed by atoms with Gasteiger partial charge in [-0.1, -0.05) is 11.6 Å². The highest BCUT2D eigenvalue weighted by molar-refractivity contribution is 14.1. The summed E-state index contributed by atoms with van der Waals surface area (Å²) in [6.07, 6.45) is 2.94. The highest BCUT2D eigenvalue weighted by Gasteiger charge is 2.02. The van der Waals surface area contributed by atoms with E-state index in [1.807, 2.05) is 18.2 Å². The summed E-state index contributed by atoms with van der Waals surface area (Å²) in [7, 11) is 0. The number of rotatable bonds is 2. The number of benzene rings is 1. The average molecular weight is 357 g/mol. The molecule has 6 heteroatoms. The van der Waals surface area contributed by atoms with Gasteiger partial charge in [0.15, 0.2) is 5.69 Å². The van der Waals surface area contributed by atoms with Gasteiger partial charge in [-0.15, -0.1) is 0 Å². The minimum absolute atomic E-state index is 0.293. The SMILES string of the molecule is N#Cc1cnc(Nc2ccc(Cl)cc2I)cn1. The molecule has 0 radical (unpaired) electrons. The maximum Gasteiger partial charge on any atom is 0.158 e. The van der Waals surface area contributed by atoms with Gasteiger partial charge in [-0.2, -0.15) is 5.26 Å². The lowest BCUT2D eigenvalue weighted by Gasteiger charge is -2.07. The first kappa shape index (κ1) is 12.1. The van der Waals surface area contributed by atoms with E-state index < -0.39 is 0 Å². The number of aromatic nitrogens is 2. The molecule has 0 aliphatic carbocycles. The Kier molecular flexibility index (Phi) is 3.76.